The third-order valence-corrected chi connectivity index (χ3v) is 6.81. The Morgan fingerprint density at radius 2 is 1.59 bits per heavy atom. The maximum atomic E-state index is 5.68. The van der Waals surface area contributed by atoms with Crippen molar-refractivity contribution in [2.45, 2.75) is 12.6 Å². The van der Waals surface area contributed by atoms with Crippen LogP contribution in [-0.4, -0.2) is 134 Å². The topological polar surface area (TPSA) is 52.0 Å². The maximum Gasteiger partial charge on any atom is 0.0946 e. The van der Waals surface area contributed by atoms with E-state index in [0.717, 1.165) is 45.9 Å². The van der Waals surface area contributed by atoms with E-state index in [0.29, 0.717) is 12.0 Å². The fourth-order valence-corrected chi connectivity index (χ4v) is 4.97. The van der Waals surface area contributed by atoms with E-state index in [2.05, 4.69) is 47.7 Å². The molecule has 1 aromatic heterocycles. The zero-order valence-electron chi connectivity index (χ0n) is 18.1. The average Bonchev–Trinajstić information content (AvgIpc) is 3.28. The third kappa shape index (κ3) is 6.23. The summed E-state index contributed by atoms with van der Waals surface area (Å²) in [7, 11) is 2.24. The van der Waals surface area contributed by atoms with Crippen LogP contribution in [0.3, 0.4) is 0 Å². The number of likely N-dealkylation sites (N-methyl/N-ethyl adjacent to an activating group) is 1. The Hall–Kier alpha value is -1.03. The van der Waals surface area contributed by atoms with E-state index in [1.807, 2.05) is 12.5 Å². The van der Waals surface area contributed by atoms with Crippen LogP contribution in [0.4, 0.5) is 0 Å². The molecule has 0 radical (unpaired) electrons. The number of ether oxygens (including phenoxy) is 1. The van der Waals surface area contributed by atoms with Crippen LogP contribution in [0.15, 0.2) is 18.7 Å². The molecule has 3 aliphatic rings. The molecule has 3 fully saturated rings. The van der Waals surface area contributed by atoms with Crippen molar-refractivity contribution in [3.63, 3.8) is 0 Å². The highest BCUT2D eigenvalue weighted by Gasteiger charge is 2.32. The third-order valence-electron chi connectivity index (χ3n) is 6.81. The normalized spacial score (nSPS) is 25.8. The van der Waals surface area contributed by atoms with Gasteiger partial charge in [0.2, 0.25) is 0 Å². The first-order valence-corrected chi connectivity index (χ1v) is 11.4. The Bertz CT molecular complexity index is 564. The van der Waals surface area contributed by atoms with E-state index < -0.39 is 0 Å². The molecule has 4 rings (SSSR count). The van der Waals surface area contributed by atoms with E-state index in [4.69, 9.17) is 4.74 Å². The van der Waals surface area contributed by atoms with Gasteiger partial charge in [-0.1, -0.05) is 0 Å². The number of imidazole rings is 1. The number of piperazine rings is 2. The molecule has 3 aliphatic heterocycles. The number of rotatable bonds is 8. The number of aromatic nitrogens is 2. The molecule has 0 aliphatic carbocycles. The van der Waals surface area contributed by atoms with Gasteiger partial charge in [-0.3, -0.25) is 4.90 Å². The summed E-state index contributed by atoms with van der Waals surface area (Å²) in [5.74, 6) is 0.622. The Morgan fingerprint density at radius 3 is 2.24 bits per heavy atom. The summed E-state index contributed by atoms with van der Waals surface area (Å²) in [6.07, 6.45) is 6.00. The Labute approximate surface area is 175 Å². The quantitative estimate of drug-likeness (QED) is 0.617. The van der Waals surface area contributed by atoms with Gasteiger partial charge in [-0.05, 0) is 7.05 Å². The SMILES string of the molecule is CN1CCN(CC(CN2CCNCC2)C(Cn2ccnc2)N2CCOCC2)CC1. The fourth-order valence-electron chi connectivity index (χ4n) is 4.97. The second kappa shape index (κ2) is 10.8. The summed E-state index contributed by atoms with van der Waals surface area (Å²) < 4.78 is 7.95. The van der Waals surface area contributed by atoms with Crippen LogP contribution in [0.5, 0.6) is 0 Å². The predicted octanol–water partition coefficient (Wildman–Crippen LogP) is -0.647. The van der Waals surface area contributed by atoms with E-state index >= 15 is 0 Å². The van der Waals surface area contributed by atoms with Gasteiger partial charge in [0.15, 0.2) is 0 Å². The molecular weight excluding hydrogens is 366 g/mol. The number of nitrogens with one attached hydrogen (secondary N) is 1. The first-order valence-electron chi connectivity index (χ1n) is 11.4. The van der Waals surface area contributed by atoms with Crippen molar-refractivity contribution in [1.82, 2.24) is 34.5 Å². The lowest BCUT2D eigenvalue weighted by molar-refractivity contribution is -0.0153. The summed E-state index contributed by atoms with van der Waals surface area (Å²) in [6, 6.07) is 0.516. The number of morpholine rings is 1. The van der Waals surface area contributed by atoms with Crippen LogP contribution >= 0.6 is 0 Å². The second-order valence-electron chi connectivity index (χ2n) is 8.89. The van der Waals surface area contributed by atoms with Crippen LogP contribution in [0.2, 0.25) is 0 Å². The first-order chi connectivity index (χ1) is 14.3. The van der Waals surface area contributed by atoms with E-state index in [1.54, 1.807) is 0 Å². The molecule has 1 N–H and O–H groups in total. The molecule has 1 aromatic rings. The second-order valence-corrected chi connectivity index (χ2v) is 8.89. The molecule has 0 bridgehead atoms. The summed E-state index contributed by atoms with van der Waals surface area (Å²) in [6.45, 7) is 16.5. The van der Waals surface area contributed by atoms with Crippen molar-refractivity contribution in [2.75, 3.05) is 98.8 Å². The lowest BCUT2D eigenvalue weighted by Crippen LogP contribution is -2.57. The van der Waals surface area contributed by atoms with Gasteiger partial charge in [0.1, 0.15) is 0 Å². The number of nitrogens with zero attached hydrogens (tertiary/aromatic N) is 6. The van der Waals surface area contributed by atoms with Gasteiger partial charge in [0, 0.05) is 109 Å². The zero-order valence-corrected chi connectivity index (χ0v) is 18.1. The van der Waals surface area contributed by atoms with Crippen LogP contribution < -0.4 is 5.32 Å². The van der Waals surface area contributed by atoms with Gasteiger partial charge in [0.05, 0.1) is 19.5 Å². The van der Waals surface area contributed by atoms with Crippen molar-refractivity contribution < 1.29 is 4.74 Å². The van der Waals surface area contributed by atoms with Crippen molar-refractivity contribution in [3.8, 4) is 0 Å². The monoisotopic (exact) mass is 405 g/mol. The molecule has 8 nitrogen and oxygen atoms in total. The Balaban J connectivity index is 1.49. The van der Waals surface area contributed by atoms with Crippen molar-refractivity contribution >= 4 is 0 Å². The fraction of sp³-hybridized carbons (Fsp3) is 0.857. The molecule has 0 spiro atoms. The van der Waals surface area contributed by atoms with Gasteiger partial charge in [-0.15, -0.1) is 0 Å². The van der Waals surface area contributed by atoms with Gasteiger partial charge >= 0.3 is 0 Å². The van der Waals surface area contributed by atoms with Gasteiger partial charge < -0.3 is 29.3 Å². The molecule has 0 saturated carbocycles. The van der Waals surface area contributed by atoms with E-state index in [-0.39, 0.29) is 0 Å². The molecule has 0 amide bonds. The van der Waals surface area contributed by atoms with Gasteiger partial charge in [-0.25, -0.2) is 4.98 Å². The summed E-state index contributed by atoms with van der Waals surface area (Å²) in [4.78, 5) is 14.8. The molecule has 164 valence electrons. The summed E-state index contributed by atoms with van der Waals surface area (Å²) >= 11 is 0. The maximum absolute atomic E-state index is 5.68. The molecule has 8 heteroatoms. The summed E-state index contributed by atoms with van der Waals surface area (Å²) in [5.41, 5.74) is 0. The van der Waals surface area contributed by atoms with Crippen LogP contribution in [-0.2, 0) is 11.3 Å². The number of hydrogen-bond donors (Lipinski definition) is 1. The van der Waals surface area contributed by atoms with Crippen LogP contribution in [0.25, 0.3) is 0 Å². The highest BCUT2D eigenvalue weighted by atomic mass is 16.5. The van der Waals surface area contributed by atoms with Gasteiger partial charge in [-0.2, -0.15) is 0 Å². The Kier molecular flexibility index (Phi) is 7.93. The van der Waals surface area contributed by atoms with Crippen LogP contribution in [0.1, 0.15) is 0 Å². The number of hydrogen-bond acceptors (Lipinski definition) is 7. The van der Waals surface area contributed by atoms with E-state index in [9.17, 15) is 0 Å². The minimum Gasteiger partial charge on any atom is -0.379 e. The Morgan fingerprint density at radius 1 is 0.897 bits per heavy atom. The van der Waals surface area contributed by atoms with Crippen LogP contribution in [0, 0.1) is 5.92 Å². The molecule has 2 unspecified atom stereocenters. The molecule has 3 saturated heterocycles. The predicted molar refractivity (Wildman–Crippen MR) is 115 cm³/mol. The van der Waals surface area contributed by atoms with Crippen molar-refractivity contribution in [1.29, 1.82) is 0 Å². The highest BCUT2D eigenvalue weighted by Crippen LogP contribution is 2.20. The minimum absolute atomic E-state index is 0.516. The average molecular weight is 406 g/mol. The standard InChI is InChI=1S/C21H39N7O/c1-24-8-10-26(11-9-24)17-20(16-25-5-2-22-3-6-25)21(18-27-7-4-23-19-27)28-12-14-29-15-13-28/h4,7,19-22H,2-3,5-6,8-18H2,1H3. The molecular formula is C21H39N7O. The minimum atomic E-state index is 0.516. The van der Waals surface area contributed by atoms with Gasteiger partial charge in [0.25, 0.3) is 0 Å². The lowest BCUT2D eigenvalue weighted by Gasteiger charge is -2.44. The molecule has 4 heterocycles. The lowest BCUT2D eigenvalue weighted by atomic mass is 9.95. The van der Waals surface area contributed by atoms with Crippen molar-refractivity contribution in [2.24, 2.45) is 5.92 Å². The molecule has 2 atom stereocenters. The van der Waals surface area contributed by atoms with E-state index in [1.165, 1.54) is 52.4 Å². The largest absolute Gasteiger partial charge is 0.379 e. The van der Waals surface area contributed by atoms with Crippen molar-refractivity contribution in [3.05, 3.63) is 18.7 Å². The molecule has 0 aromatic carbocycles. The first kappa shape index (κ1) is 21.2. The molecule has 29 heavy (non-hydrogen) atoms. The summed E-state index contributed by atoms with van der Waals surface area (Å²) in [5, 5.41) is 3.51. The highest BCUT2D eigenvalue weighted by molar-refractivity contribution is 4.89. The zero-order chi connectivity index (χ0) is 19.9. The smallest absolute Gasteiger partial charge is 0.0946 e.